The molecular formula is C14H25N3O2. The van der Waals surface area contributed by atoms with E-state index in [0.29, 0.717) is 25.1 Å². The van der Waals surface area contributed by atoms with Crippen LogP contribution in [0.25, 0.3) is 0 Å². The third-order valence-corrected chi connectivity index (χ3v) is 3.16. The summed E-state index contributed by atoms with van der Waals surface area (Å²) in [5.74, 6) is 0.556. The second kappa shape index (κ2) is 7.28. The van der Waals surface area contributed by atoms with Crippen LogP contribution < -0.4 is 15.2 Å². The summed E-state index contributed by atoms with van der Waals surface area (Å²) < 4.78 is 11.1. The van der Waals surface area contributed by atoms with Crippen LogP contribution in [-0.4, -0.2) is 28.7 Å². The van der Waals surface area contributed by atoms with Gasteiger partial charge in [-0.1, -0.05) is 20.8 Å². The highest BCUT2D eigenvalue weighted by molar-refractivity contribution is 5.17. The third kappa shape index (κ3) is 5.03. The molecule has 1 aromatic heterocycles. The van der Waals surface area contributed by atoms with E-state index in [1.165, 1.54) is 0 Å². The van der Waals surface area contributed by atoms with Gasteiger partial charge >= 0.3 is 6.01 Å². The summed E-state index contributed by atoms with van der Waals surface area (Å²) in [6, 6.07) is 2.14. The smallest absolute Gasteiger partial charge is 0.319 e. The van der Waals surface area contributed by atoms with Gasteiger partial charge in [0.25, 0.3) is 0 Å². The normalized spacial score (nSPS) is 11.4. The summed E-state index contributed by atoms with van der Waals surface area (Å²) in [6.45, 7) is 9.11. The van der Waals surface area contributed by atoms with Gasteiger partial charge in [0.2, 0.25) is 5.88 Å². The molecule has 5 heteroatoms. The predicted octanol–water partition coefficient (Wildman–Crippen LogP) is 2.47. The van der Waals surface area contributed by atoms with E-state index in [0.717, 1.165) is 25.0 Å². The van der Waals surface area contributed by atoms with Crippen LogP contribution >= 0.6 is 0 Å². The average molecular weight is 267 g/mol. The van der Waals surface area contributed by atoms with Gasteiger partial charge in [0.05, 0.1) is 6.61 Å². The second-order valence-corrected chi connectivity index (χ2v) is 4.84. The molecule has 1 aromatic rings. The maximum absolute atomic E-state index is 6.19. The number of rotatable bonds is 8. The van der Waals surface area contributed by atoms with Gasteiger partial charge in [-0.05, 0) is 26.2 Å². The Labute approximate surface area is 115 Å². The van der Waals surface area contributed by atoms with Gasteiger partial charge in [-0.2, -0.15) is 4.98 Å². The molecular weight excluding hydrogens is 242 g/mol. The summed E-state index contributed by atoms with van der Waals surface area (Å²) >= 11 is 0. The van der Waals surface area contributed by atoms with Crippen molar-refractivity contribution in [1.29, 1.82) is 0 Å². The molecule has 0 aromatic carbocycles. The minimum absolute atomic E-state index is 0.322. The van der Waals surface area contributed by atoms with Crippen molar-refractivity contribution >= 4 is 0 Å². The summed E-state index contributed by atoms with van der Waals surface area (Å²) in [4.78, 5) is 8.48. The van der Waals surface area contributed by atoms with Crippen molar-refractivity contribution in [2.24, 2.45) is 5.73 Å². The molecule has 0 aliphatic carbocycles. The zero-order chi connectivity index (χ0) is 14.3. The van der Waals surface area contributed by atoms with Gasteiger partial charge < -0.3 is 15.2 Å². The number of hydrogen-bond acceptors (Lipinski definition) is 5. The molecule has 0 unspecified atom stereocenters. The maximum atomic E-state index is 6.19. The number of nitrogens with zero attached hydrogens (tertiary/aromatic N) is 2. The SMILES string of the molecule is CCCOc1cc(C)nc(OCC(N)(CC)CC)n1. The molecule has 2 N–H and O–H groups in total. The summed E-state index contributed by atoms with van der Waals surface area (Å²) in [5, 5.41) is 0. The molecule has 5 nitrogen and oxygen atoms in total. The van der Waals surface area contributed by atoms with Crippen molar-refractivity contribution in [2.75, 3.05) is 13.2 Å². The van der Waals surface area contributed by atoms with Gasteiger partial charge in [-0.25, -0.2) is 4.98 Å². The molecule has 1 rings (SSSR count). The van der Waals surface area contributed by atoms with E-state index < -0.39 is 0 Å². The molecule has 0 aliphatic heterocycles. The summed E-state index contributed by atoms with van der Waals surface area (Å²) in [6.07, 6.45) is 2.65. The fourth-order valence-corrected chi connectivity index (χ4v) is 1.52. The molecule has 0 saturated heterocycles. The number of hydrogen-bond donors (Lipinski definition) is 1. The zero-order valence-electron chi connectivity index (χ0n) is 12.4. The lowest BCUT2D eigenvalue weighted by Crippen LogP contribution is -2.44. The highest BCUT2D eigenvalue weighted by Crippen LogP contribution is 2.17. The van der Waals surface area contributed by atoms with Crippen molar-refractivity contribution in [3.05, 3.63) is 11.8 Å². The van der Waals surface area contributed by atoms with Crippen molar-refractivity contribution < 1.29 is 9.47 Å². The average Bonchev–Trinajstić information content (AvgIpc) is 2.42. The van der Waals surface area contributed by atoms with Crippen LogP contribution in [0.15, 0.2) is 6.07 Å². The van der Waals surface area contributed by atoms with Crippen LogP contribution in [0.5, 0.6) is 11.9 Å². The minimum atomic E-state index is -0.322. The fourth-order valence-electron chi connectivity index (χ4n) is 1.52. The number of aromatic nitrogens is 2. The van der Waals surface area contributed by atoms with Gasteiger partial charge in [0, 0.05) is 17.3 Å². The van der Waals surface area contributed by atoms with Gasteiger partial charge in [-0.15, -0.1) is 0 Å². The molecule has 1 heterocycles. The van der Waals surface area contributed by atoms with Gasteiger partial charge in [0.1, 0.15) is 6.61 Å². The first-order valence-corrected chi connectivity index (χ1v) is 6.93. The molecule has 0 fully saturated rings. The highest BCUT2D eigenvalue weighted by atomic mass is 16.5. The molecule has 108 valence electrons. The molecule has 0 saturated carbocycles. The topological polar surface area (TPSA) is 70.3 Å². The third-order valence-electron chi connectivity index (χ3n) is 3.16. The van der Waals surface area contributed by atoms with E-state index >= 15 is 0 Å². The Morgan fingerprint density at radius 1 is 1.16 bits per heavy atom. The molecule has 0 atom stereocenters. The Bertz CT molecular complexity index is 392. The lowest BCUT2D eigenvalue weighted by atomic mass is 9.96. The van der Waals surface area contributed by atoms with Crippen molar-refractivity contribution in [2.45, 2.75) is 52.5 Å². The number of ether oxygens (including phenoxy) is 2. The van der Waals surface area contributed by atoms with Gasteiger partial charge in [-0.3, -0.25) is 0 Å². The Morgan fingerprint density at radius 3 is 2.42 bits per heavy atom. The van der Waals surface area contributed by atoms with E-state index in [-0.39, 0.29) is 5.54 Å². The molecule has 0 radical (unpaired) electrons. The Morgan fingerprint density at radius 2 is 1.84 bits per heavy atom. The maximum Gasteiger partial charge on any atom is 0.319 e. The van der Waals surface area contributed by atoms with E-state index in [2.05, 4.69) is 30.7 Å². The first-order valence-electron chi connectivity index (χ1n) is 6.93. The van der Waals surface area contributed by atoms with E-state index in [4.69, 9.17) is 15.2 Å². The van der Waals surface area contributed by atoms with Crippen molar-refractivity contribution in [3.8, 4) is 11.9 Å². The predicted molar refractivity (Wildman–Crippen MR) is 75.6 cm³/mol. The largest absolute Gasteiger partial charge is 0.478 e. The van der Waals surface area contributed by atoms with Crippen LogP contribution in [-0.2, 0) is 0 Å². The lowest BCUT2D eigenvalue weighted by molar-refractivity contribution is 0.190. The van der Waals surface area contributed by atoms with E-state index in [9.17, 15) is 0 Å². The van der Waals surface area contributed by atoms with Crippen LogP contribution in [0.4, 0.5) is 0 Å². The van der Waals surface area contributed by atoms with E-state index in [1.54, 1.807) is 6.07 Å². The first-order chi connectivity index (χ1) is 9.03. The molecule has 0 aliphatic rings. The monoisotopic (exact) mass is 267 g/mol. The molecule has 0 amide bonds. The zero-order valence-corrected chi connectivity index (χ0v) is 12.4. The number of aryl methyl sites for hydroxylation is 1. The Hall–Kier alpha value is -1.36. The Balaban J connectivity index is 2.70. The van der Waals surface area contributed by atoms with Gasteiger partial charge in [0.15, 0.2) is 0 Å². The Kier molecular flexibility index (Phi) is 6.02. The highest BCUT2D eigenvalue weighted by Gasteiger charge is 2.21. The molecule has 0 spiro atoms. The first kappa shape index (κ1) is 15.7. The van der Waals surface area contributed by atoms with Crippen LogP contribution in [0, 0.1) is 6.92 Å². The minimum Gasteiger partial charge on any atom is -0.478 e. The van der Waals surface area contributed by atoms with Crippen LogP contribution in [0.3, 0.4) is 0 Å². The van der Waals surface area contributed by atoms with Crippen molar-refractivity contribution in [3.63, 3.8) is 0 Å². The summed E-state index contributed by atoms with van der Waals surface area (Å²) in [5.41, 5.74) is 6.69. The van der Waals surface area contributed by atoms with Crippen LogP contribution in [0.2, 0.25) is 0 Å². The van der Waals surface area contributed by atoms with E-state index in [1.807, 2.05) is 6.92 Å². The molecule has 19 heavy (non-hydrogen) atoms. The van der Waals surface area contributed by atoms with Crippen molar-refractivity contribution in [1.82, 2.24) is 9.97 Å². The standard InChI is InChI=1S/C14H25N3O2/c1-5-8-18-12-9-11(4)16-13(17-12)19-10-14(15,6-2)7-3/h9H,5-8,10,15H2,1-4H3. The number of nitrogens with two attached hydrogens (primary N) is 1. The quantitative estimate of drug-likeness (QED) is 0.783. The van der Waals surface area contributed by atoms with Crippen LogP contribution in [0.1, 0.15) is 45.7 Å². The summed E-state index contributed by atoms with van der Waals surface area (Å²) in [7, 11) is 0. The lowest BCUT2D eigenvalue weighted by Gasteiger charge is -2.25. The second-order valence-electron chi connectivity index (χ2n) is 4.84. The molecule has 0 bridgehead atoms. The fraction of sp³-hybridized carbons (Fsp3) is 0.714.